The highest BCUT2D eigenvalue weighted by Crippen LogP contribution is 2.36. The number of carbonyl (C=O) groups is 1. The number of nitrogens with zero attached hydrogens (tertiary/aromatic N) is 1. The van der Waals surface area contributed by atoms with Crippen LogP contribution in [-0.2, 0) is 4.79 Å². The summed E-state index contributed by atoms with van der Waals surface area (Å²) in [4.78, 5) is 14.2. The molecule has 1 saturated heterocycles. The third kappa shape index (κ3) is 5.13. The normalized spacial score (nSPS) is 17.3. The van der Waals surface area contributed by atoms with Crippen LogP contribution in [0.3, 0.4) is 0 Å². The SMILES string of the molecule is COc1ccc(OCC(=O)N2CCSC(c3cc(F)ccc3F)CC2)cc1. The zero-order valence-electron chi connectivity index (χ0n) is 15.0. The van der Waals surface area contributed by atoms with Crippen LogP contribution in [0.5, 0.6) is 11.5 Å². The Kier molecular flexibility index (Phi) is 6.55. The van der Waals surface area contributed by atoms with Crippen LogP contribution in [0.15, 0.2) is 42.5 Å². The quantitative estimate of drug-likeness (QED) is 0.768. The van der Waals surface area contributed by atoms with Gasteiger partial charge in [-0.2, -0.15) is 11.8 Å². The average molecular weight is 393 g/mol. The molecule has 27 heavy (non-hydrogen) atoms. The van der Waals surface area contributed by atoms with E-state index >= 15 is 0 Å². The van der Waals surface area contributed by atoms with Crippen LogP contribution in [-0.4, -0.2) is 43.4 Å². The van der Waals surface area contributed by atoms with Crippen molar-refractivity contribution in [2.24, 2.45) is 0 Å². The Bertz CT molecular complexity index is 785. The Labute approximate surface area is 161 Å². The standard InChI is InChI=1S/C20H21F2NO3S/c1-25-15-3-5-16(6-4-15)26-13-20(24)23-9-8-19(27-11-10-23)17-12-14(21)2-7-18(17)22/h2-7,12,19H,8-11,13H2,1H3. The molecule has 7 heteroatoms. The number of hydrogen-bond acceptors (Lipinski definition) is 4. The second-order valence-electron chi connectivity index (χ2n) is 6.16. The minimum atomic E-state index is -0.447. The lowest BCUT2D eigenvalue weighted by Crippen LogP contribution is -2.36. The maximum Gasteiger partial charge on any atom is 0.260 e. The fourth-order valence-corrected chi connectivity index (χ4v) is 4.18. The van der Waals surface area contributed by atoms with Crippen molar-refractivity contribution in [3.8, 4) is 11.5 Å². The predicted octanol–water partition coefficient (Wildman–Crippen LogP) is 4.06. The zero-order valence-corrected chi connectivity index (χ0v) is 15.8. The van der Waals surface area contributed by atoms with Gasteiger partial charge in [0.25, 0.3) is 5.91 Å². The summed E-state index contributed by atoms with van der Waals surface area (Å²) >= 11 is 1.54. The largest absolute Gasteiger partial charge is 0.497 e. The third-order valence-electron chi connectivity index (χ3n) is 4.42. The lowest BCUT2D eigenvalue weighted by molar-refractivity contribution is -0.133. The van der Waals surface area contributed by atoms with E-state index in [-0.39, 0.29) is 17.8 Å². The number of rotatable bonds is 5. The monoisotopic (exact) mass is 393 g/mol. The van der Waals surface area contributed by atoms with Crippen LogP contribution in [0.1, 0.15) is 17.2 Å². The van der Waals surface area contributed by atoms with Gasteiger partial charge in [0, 0.05) is 29.7 Å². The molecule has 1 atom stereocenters. The molecule has 2 aromatic rings. The molecule has 4 nitrogen and oxygen atoms in total. The van der Waals surface area contributed by atoms with Crippen molar-refractivity contribution in [2.75, 3.05) is 32.6 Å². The van der Waals surface area contributed by atoms with Crippen molar-refractivity contribution >= 4 is 17.7 Å². The first-order valence-corrected chi connectivity index (χ1v) is 9.73. The summed E-state index contributed by atoms with van der Waals surface area (Å²) in [5, 5.41) is -0.166. The van der Waals surface area contributed by atoms with Crippen molar-refractivity contribution in [1.29, 1.82) is 0 Å². The van der Waals surface area contributed by atoms with Gasteiger partial charge in [0.2, 0.25) is 0 Å². The molecular weight excluding hydrogens is 372 g/mol. The van der Waals surface area contributed by atoms with Gasteiger partial charge < -0.3 is 14.4 Å². The Morgan fingerprint density at radius 1 is 1.15 bits per heavy atom. The number of carbonyl (C=O) groups excluding carboxylic acids is 1. The molecule has 1 aliphatic rings. The number of methoxy groups -OCH3 is 1. The molecule has 0 bridgehead atoms. The first-order valence-electron chi connectivity index (χ1n) is 8.68. The lowest BCUT2D eigenvalue weighted by atomic mass is 10.1. The summed E-state index contributed by atoms with van der Waals surface area (Å²) in [5.74, 6) is 0.997. The van der Waals surface area contributed by atoms with Crippen LogP contribution in [0.4, 0.5) is 8.78 Å². The van der Waals surface area contributed by atoms with E-state index in [1.165, 1.54) is 6.07 Å². The van der Waals surface area contributed by atoms with Crippen LogP contribution >= 0.6 is 11.8 Å². The summed E-state index contributed by atoms with van der Waals surface area (Å²) in [6, 6.07) is 10.5. The molecule has 1 unspecified atom stereocenters. The Balaban J connectivity index is 1.55. The molecule has 0 aromatic heterocycles. The molecule has 144 valence electrons. The number of thioether (sulfide) groups is 1. The molecule has 0 radical (unpaired) electrons. The van der Waals surface area contributed by atoms with Crippen LogP contribution < -0.4 is 9.47 Å². The van der Waals surface area contributed by atoms with Gasteiger partial charge in [-0.1, -0.05) is 0 Å². The highest BCUT2D eigenvalue weighted by molar-refractivity contribution is 7.99. The first-order chi connectivity index (χ1) is 13.1. The number of halogens is 2. The van der Waals surface area contributed by atoms with Gasteiger partial charge in [-0.3, -0.25) is 4.79 Å². The Hall–Kier alpha value is -2.28. The molecular formula is C20H21F2NO3S. The van der Waals surface area contributed by atoms with E-state index in [1.54, 1.807) is 48.0 Å². The summed E-state index contributed by atoms with van der Waals surface area (Å²) < 4.78 is 38.1. The maximum absolute atomic E-state index is 14.0. The van der Waals surface area contributed by atoms with E-state index in [9.17, 15) is 13.6 Å². The summed E-state index contributed by atoms with van der Waals surface area (Å²) in [7, 11) is 1.58. The third-order valence-corrected chi connectivity index (χ3v) is 5.73. The van der Waals surface area contributed by atoms with Crippen LogP contribution in [0, 0.1) is 11.6 Å². The van der Waals surface area contributed by atoms with E-state index in [2.05, 4.69) is 0 Å². The van der Waals surface area contributed by atoms with Gasteiger partial charge >= 0.3 is 0 Å². The Morgan fingerprint density at radius 2 is 1.89 bits per heavy atom. The van der Waals surface area contributed by atoms with Crippen LogP contribution in [0.25, 0.3) is 0 Å². The molecule has 3 rings (SSSR count). The van der Waals surface area contributed by atoms with Crippen molar-refractivity contribution in [3.05, 3.63) is 59.7 Å². The fraction of sp³-hybridized carbons (Fsp3) is 0.350. The van der Waals surface area contributed by atoms with Crippen LogP contribution in [0.2, 0.25) is 0 Å². The minimum Gasteiger partial charge on any atom is -0.497 e. The fourth-order valence-electron chi connectivity index (χ4n) is 2.94. The van der Waals surface area contributed by atoms with Crippen molar-refractivity contribution in [1.82, 2.24) is 4.90 Å². The van der Waals surface area contributed by atoms with Gasteiger partial charge in [-0.25, -0.2) is 8.78 Å². The molecule has 0 aliphatic carbocycles. The van der Waals surface area contributed by atoms with E-state index in [4.69, 9.17) is 9.47 Å². The van der Waals surface area contributed by atoms with E-state index in [0.717, 1.165) is 12.1 Å². The van der Waals surface area contributed by atoms with Gasteiger partial charge in [0.15, 0.2) is 6.61 Å². The van der Waals surface area contributed by atoms with Gasteiger partial charge in [0.1, 0.15) is 23.1 Å². The summed E-state index contributed by atoms with van der Waals surface area (Å²) in [5.41, 5.74) is 0.365. The summed E-state index contributed by atoms with van der Waals surface area (Å²) in [6.45, 7) is 0.983. The molecule has 0 spiro atoms. The molecule has 1 amide bonds. The number of ether oxygens (including phenoxy) is 2. The lowest BCUT2D eigenvalue weighted by Gasteiger charge is -2.20. The number of hydrogen-bond donors (Lipinski definition) is 0. The number of amides is 1. The maximum atomic E-state index is 14.0. The van der Waals surface area contributed by atoms with Crippen molar-refractivity contribution in [3.63, 3.8) is 0 Å². The van der Waals surface area contributed by atoms with Gasteiger partial charge in [0.05, 0.1) is 7.11 Å². The smallest absolute Gasteiger partial charge is 0.260 e. The van der Waals surface area contributed by atoms with E-state index in [1.807, 2.05) is 0 Å². The summed E-state index contributed by atoms with van der Waals surface area (Å²) in [6.07, 6.45) is 0.569. The average Bonchev–Trinajstić information content (AvgIpc) is 2.94. The molecule has 1 aliphatic heterocycles. The minimum absolute atomic E-state index is 0.0595. The zero-order chi connectivity index (χ0) is 19.2. The predicted molar refractivity (Wildman–Crippen MR) is 101 cm³/mol. The van der Waals surface area contributed by atoms with E-state index in [0.29, 0.717) is 42.3 Å². The molecule has 0 saturated carbocycles. The molecule has 0 N–H and O–H groups in total. The van der Waals surface area contributed by atoms with Crippen molar-refractivity contribution in [2.45, 2.75) is 11.7 Å². The highest BCUT2D eigenvalue weighted by atomic mass is 32.2. The first kappa shape index (κ1) is 19.5. The van der Waals surface area contributed by atoms with E-state index < -0.39 is 11.6 Å². The highest BCUT2D eigenvalue weighted by Gasteiger charge is 2.24. The second-order valence-corrected chi connectivity index (χ2v) is 7.47. The number of benzene rings is 2. The Morgan fingerprint density at radius 3 is 2.63 bits per heavy atom. The molecule has 2 aromatic carbocycles. The van der Waals surface area contributed by atoms with Gasteiger partial charge in [-0.05, 0) is 48.9 Å². The topological polar surface area (TPSA) is 38.8 Å². The molecule has 1 heterocycles. The van der Waals surface area contributed by atoms with Gasteiger partial charge in [-0.15, -0.1) is 0 Å². The second kappa shape index (κ2) is 9.08. The van der Waals surface area contributed by atoms with Crippen molar-refractivity contribution < 1.29 is 23.0 Å². The molecule has 1 fully saturated rings.